The summed E-state index contributed by atoms with van der Waals surface area (Å²) in [5, 5.41) is 5.69. The number of fused-ring (bicyclic) bond motifs is 1. The molecule has 4 rings (SSSR count). The summed E-state index contributed by atoms with van der Waals surface area (Å²) in [6.07, 6.45) is 1.07. The molecule has 1 N–H and O–H groups in total. The van der Waals surface area contributed by atoms with E-state index in [1.54, 1.807) is 0 Å². The van der Waals surface area contributed by atoms with Crippen LogP contribution in [0.1, 0.15) is 6.42 Å². The molecule has 0 saturated carbocycles. The third kappa shape index (κ3) is 4.29. The van der Waals surface area contributed by atoms with Gasteiger partial charge in [0.05, 0.1) is 0 Å². The second kappa shape index (κ2) is 8.71. The summed E-state index contributed by atoms with van der Waals surface area (Å²) in [6.45, 7) is 6.06. The Morgan fingerprint density at radius 1 is 1.08 bits per heavy atom. The number of likely N-dealkylation sites (tertiary alicyclic amines) is 1. The summed E-state index contributed by atoms with van der Waals surface area (Å²) in [5.41, 5.74) is 0. The lowest BCUT2D eigenvalue weighted by Crippen LogP contribution is -2.49. The van der Waals surface area contributed by atoms with Gasteiger partial charge in [-0.1, -0.05) is 30.3 Å². The molecule has 2 aliphatic rings. The van der Waals surface area contributed by atoms with E-state index in [4.69, 9.17) is 4.74 Å². The average molecular weight is 376 g/mol. The molecule has 1 atom stereocenters. The summed E-state index contributed by atoms with van der Waals surface area (Å²) < 4.78 is 5.75. The Hall–Kier alpha value is -1.82. The van der Waals surface area contributed by atoms with Gasteiger partial charge in [0.1, 0.15) is 5.75 Å². The number of carbonyl (C=O) groups excluding carboxylic acids is 1. The maximum absolute atomic E-state index is 12.5. The van der Waals surface area contributed by atoms with Gasteiger partial charge in [0, 0.05) is 45.3 Å². The lowest BCUT2D eigenvalue weighted by Gasteiger charge is -2.32. The summed E-state index contributed by atoms with van der Waals surface area (Å²) in [4.78, 5) is 16.9. The summed E-state index contributed by atoms with van der Waals surface area (Å²) in [7, 11) is 0. The predicted octanol–water partition coefficient (Wildman–Crippen LogP) is 2.15. The number of rotatable bonds is 4. The van der Waals surface area contributed by atoms with Crippen LogP contribution in [-0.2, 0) is 4.79 Å². The number of hydrogen-bond donors (Lipinski definition) is 1. The fraction of sp³-hybridized carbons (Fsp3) is 0.450. The van der Waals surface area contributed by atoms with Crippen molar-refractivity contribution < 1.29 is 9.53 Å². The van der Waals surface area contributed by atoms with Crippen molar-refractivity contribution in [2.75, 3.05) is 45.9 Å². The highest BCUT2D eigenvalue weighted by molar-refractivity contribution is 5.85. The van der Waals surface area contributed by atoms with E-state index in [9.17, 15) is 4.79 Å². The second-order valence-corrected chi connectivity index (χ2v) is 6.87. The lowest BCUT2D eigenvalue weighted by atomic mass is 10.1. The minimum absolute atomic E-state index is 0. The Morgan fingerprint density at radius 2 is 1.85 bits per heavy atom. The van der Waals surface area contributed by atoms with Crippen molar-refractivity contribution in [1.29, 1.82) is 0 Å². The van der Waals surface area contributed by atoms with Crippen molar-refractivity contribution in [3.05, 3.63) is 42.5 Å². The molecule has 0 aliphatic carbocycles. The van der Waals surface area contributed by atoms with Crippen LogP contribution < -0.4 is 10.1 Å². The minimum atomic E-state index is 0. The van der Waals surface area contributed by atoms with Gasteiger partial charge in [-0.2, -0.15) is 0 Å². The van der Waals surface area contributed by atoms with E-state index in [2.05, 4.69) is 22.3 Å². The summed E-state index contributed by atoms with van der Waals surface area (Å²) >= 11 is 0. The maximum atomic E-state index is 12.5. The van der Waals surface area contributed by atoms with Crippen LogP contribution in [0.25, 0.3) is 10.8 Å². The molecular weight excluding hydrogens is 350 g/mol. The summed E-state index contributed by atoms with van der Waals surface area (Å²) in [5.74, 6) is 0.843. The van der Waals surface area contributed by atoms with Crippen molar-refractivity contribution in [3.63, 3.8) is 0 Å². The zero-order valence-corrected chi connectivity index (χ0v) is 15.7. The first-order chi connectivity index (χ1) is 12.3. The van der Waals surface area contributed by atoms with Crippen LogP contribution in [0.4, 0.5) is 0 Å². The minimum Gasteiger partial charge on any atom is -0.484 e. The van der Waals surface area contributed by atoms with Gasteiger partial charge in [0.2, 0.25) is 0 Å². The molecule has 5 nitrogen and oxygen atoms in total. The molecule has 1 amide bonds. The molecule has 2 aliphatic heterocycles. The van der Waals surface area contributed by atoms with E-state index in [0.717, 1.165) is 56.8 Å². The first kappa shape index (κ1) is 19.0. The first-order valence-corrected chi connectivity index (χ1v) is 9.14. The Morgan fingerprint density at radius 3 is 2.65 bits per heavy atom. The van der Waals surface area contributed by atoms with Gasteiger partial charge < -0.3 is 15.0 Å². The number of ether oxygens (including phenoxy) is 1. The van der Waals surface area contributed by atoms with Crippen LogP contribution in [0, 0.1) is 0 Å². The van der Waals surface area contributed by atoms with Gasteiger partial charge in [-0.15, -0.1) is 12.4 Å². The lowest BCUT2D eigenvalue weighted by molar-refractivity contribution is -0.132. The molecule has 2 aromatic rings. The first-order valence-electron chi connectivity index (χ1n) is 9.14. The molecule has 0 bridgehead atoms. The van der Waals surface area contributed by atoms with Crippen molar-refractivity contribution in [1.82, 2.24) is 15.1 Å². The van der Waals surface area contributed by atoms with E-state index in [1.165, 1.54) is 5.39 Å². The Kier molecular flexibility index (Phi) is 6.35. The highest BCUT2D eigenvalue weighted by Gasteiger charge is 2.30. The molecule has 2 heterocycles. The SMILES string of the molecule is Cl.O=C(COc1ccc2ccccc2c1)N1CCC(N2CCNCC2)C1. The number of carbonyl (C=O) groups is 1. The zero-order valence-electron chi connectivity index (χ0n) is 14.9. The highest BCUT2D eigenvalue weighted by atomic mass is 35.5. The van der Waals surface area contributed by atoms with E-state index in [-0.39, 0.29) is 24.9 Å². The van der Waals surface area contributed by atoms with E-state index in [0.29, 0.717) is 6.04 Å². The van der Waals surface area contributed by atoms with Crippen molar-refractivity contribution in [2.24, 2.45) is 0 Å². The zero-order chi connectivity index (χ0) is 17.1. The molecule has 0 spiro atoms. The molecule has 1 unspecified atom stereocenters. The van der Waals surface area contributed by atoms with E-state index >= 15 is 0 Å². The van der Waals surface area contributed by atoms with Crippen molar-refractivity contribution >= 4 is 29.1 Å². The van der Waals surface area contributed by atoms with Crippen LogP contribution in [-0.4, -0.2) is 67.6 Å². The fourth-order valence-corrected chi connectivity index (χ4v) is 3.81. The Bertz CT molecular complexity index is 749. The highest BCUT2D eigenvalue weighted by Crippen LogP contribution is 2.21. The topological polar surface area (TPSA) is 44.8 Å². The Labute approximate surface area is 160 Å². The fourth-order valence-electron chi connectivity index (χ4n) is 3.81. The van der Waals surface area contributed by atoms with Crippen LogP contribution >= 0.6 is 12.4 Å². The smallest absolute Gasteiger partial charge is 0.260 e. The van der Waals surface area contributed by atoms with Crippen molar-refractivity contribution in [2.45, 2.75) is 12.5 Å². The predicted molar refractivity (Wildman–Crippen MR) is 106 cm³/mol. The van der Waals surface area contributed by atoms with Crippen molar-refractivity contribution in [3.8, 4) is 5.75 Å². The number of benzene rings is 2. The quantitative estimate of drug-likeness (QED) is 0.889. The van der Waals surface area contributed by atoms with Gasteiger partial charge in [-0.25, -0.2) is 0 Å². The number of halogens is 1. The number of nitrogens with one attached hydrogen (secondary N) is 1. The van der Waals surface area contributed by atoms with Crippen LogP contribution in [0.2, 0.25) is 0 Å². The number of piperazine rings is 1. The molecule has 2 aromatic carbocycles. The largest absolute Gasteiger partial charge is 0.484 e. The molecule has 26 heavy (non-hydrogen) atoms. The van der Waals surface area contributed by atoms with Crippen LogP contribution in [0.15, 0.2) is 42.5 Å². The molecular formula is C20H26ClN3O2. The molecule has 6 heteroatoms. The normalized spacial score (nSPS) is 20.8. The summed E-state index contributed by atoms with van der Waals surface area (Å²) in [6, 6.07) is 14.6. The average Bonchev–Trinajstić information content (AvgIpc) is 3.17. The third-order valence-electron chi connectivity index (χ3n) is 5.27. The number of hydrogen-bond acceptors (Lipinski definition) is 4. The van der Waals surface area contributed by atoms with Crippen LogP contribution in [0.5, 0.6) is 5.75 Å². The Balaban J connectivity index is 0.00000196. The second-order valence-electron chi connectivity index (χ2n) is 6.87. The maximum Gasteiger partial charge on any atom is 0.260 e. The molecule has 0 aromatic heterocycles. The molecule has 2 fully saturated rings. The van der Waals surface area contributed by atoms with Crippen LogP contribution in [0.3, 0.4) is 0 Å². The van der Waals surface area contributed by atoms with E-state index < -0.39 is 0 Å². The standard InChI is InChI=1S/C20H25N3O2.ClH/c24-20(23-10-7-18(14-23)22-11-8-21-9-12-22)15-25-19-6-5-16-3-1-2-4-17(16)13-19;/h1-6,13,18,21H,7-12,14-15H2;1H. The number of amides is 1. The third-order valence-corrected chi connectivity index (χ3v) is 5.27. The number of nitrogens with zero attached hydrogens (tertiary/aromatic N) is 2. The van der Waals surface area contributed by atoms with Gasteiger partial charge >= 0.3 is 0 Å². The van der Waals surface area contributed by atoms with Gasteiger partial charge in [0.15, 0.2) is 6.61 Å². The molecule has 0 radical (unpaired) electrons. The molecule has 2 saturated heterocycles. The monoisotopic (exact) mass is 375 g/mol. The molecule has 140 valence electrons. The van der Waals surface area contributed by atoms with Gasteiger partial charge in [-0.3, -0.25) is 9.69 Å². The van der Waals surface area contributed by atoms with E-state index in [1.807, 2.05) is 35.2 Å². The van der Waals surface area contributed by atoms with Gasteiger partial charge in [0.25, 0.3) is 5.91 Å². The van der Waals surface area contributed by atoms with Gasteiger partial charge in [-0.05, 0) is 29.3 Å².